The summed E-state index contributed by atoms with van der Waals surface area (Å²) >= 11 is 7.27. The highest BCUT2D eigenvalue weighted by Crippen LogP contribution is 2.28. The quantitative estimate of drug-likeness (QED) is 0.594. The predicted octanol–water partition coefficient (Wildman–Crippen LogP) is 2.41. The highest BCUT2D eigenvalue weighted by atomic mass is 35.5. The van der Waals surface area contributed by atoms with Crippen molar-refractivity contribution in [3.8, 4) is 10.7 Å². The number of rotatable bonds is 3. The molecule has 23 heavy (non-hydrogen) atoms. The van der Waals surface area contributed by atoms with Gasteiger partial charge in [0.05, 0.1) is 10.4 Å². The Morgan fingerprint density at radius 3 is 2.96 bits per heavy atom. The maximum absolute atomic E-state index is 12.3. The normalized spacial score (nSPS) is 11.2. The molecule has 4 rings (SSSR count). The van der Waals surface area contributed by atoms with Crippen molar-refractivity contribution in [3.63, 3.8) is 0 Å². The largest absolute Gasteiger partial charge is 0.309 e. The molecule has 0 saturated heterocycles. The van der Waals surface area contributed by atoms with Crippen molar-refractivity contribution in [1.82, 2.24) is 30.6 Å². The standard InChI is InChI=1S/C14H9ClN6OS/c15-8-3-1-2-7(4-8)5-11-16-9-6-10(13-18-20-21-19-13)23-12(9)14(22)17-11/h1-4,6H,5H2,(H,16,17,22)(H,18,19,20,21). The molecule has 3 heterocycles. The first kappa shape index (κ1) is 14.0. The Kier molecular flexibility index (Phi) is 3.40. The van der Waals surface area contributed by atoms with Crippen LogP contribution in [0.15, 0.2) is 35.1 Å². The van der Waals surface area contributed by atoms with Crippen LogP contribution in [0.2, 0.25) is 5.02 Å². The Bertz CT molecular complexity index is 1040. The number of aromatic nitrogens is 6. The molecule has 0 bridgehead atoms. The number of hydrogen-bond acceptors (Lipinski definition) is 6. The van der Waals surface area contributed by atoms with Gasteiger partial charge in [0, 0.05) is 11.4 Å². The summed E-state index contributed by atoms with van der Waals surface area (Å²) < 4.78 is 0.541. The second-order valence-corrected chi connectivity index (χ2v) is 6.37. The van der Waals surface area contributed by atoms with Gasteiger partial charge < -0.3 is 4.98 Å². The molecule has 9 heteroatoms. The van der Waals surface area contributed by atoms with Crippen molar-refractivity contribution in [1.29, 1.82) is 0 Å². The molecule has 0 atom stereocenters. The highest BCUT2D eigenvalue weighted by molar-refractivity contribution is 7.22. The average molecular weight is 345 g/mol. The molecule has 0 aliphatic carbocycles. The predicted molar refractivity (Wildman–Crippen MR) is 87.7 cm³/mol. The van der Waals surface area contributed by atoms with Crippen molar-refractivity contribution in [2.75, 3.05) is 0 Å². The number of nitrogens with zero attached hydrogens (tertiary/aromatic N) is 4. The molecular formula is C14H9ClN6OS. The number of hydrogen-bond donors (Lipinski definition) is 2. The molecular weight excluding hydrogens is 336 g/mol. The number of halogens is 1. The second-order valence-electron chi connectivity index (χ2n) is 4.88. The van der Waals surface area contributed by atoms with Crippen molar-refractivity contribution >= 4 is 33.2 Å². The summed E-state index contributed by atoms with van der Waals surface area (Å²) in [5.74, 6) is 1.03. The van der Waals surface area contributed by atoms with Crippen LogP contribution < -0.4 is 5.56 Å². The van der Waals surface area contributed by atoms with Crippen molar-refractivity contribution in [3.05, 3.63) is 57.1 Å². The maximum atomic E-state index is 12.3. The molecule has 1 aromatic carbocycles. The zero-order chi connectivity index (χ0) is 15.8. The minimum Gasteiger partial charge on any atom is -0.309 e. The number of fused-ring (bicyclic) bond motifs is 1. The molecule has 2 N–H and O–H groups in total. The van der Waals surface area contributed by atoms with Crippen LogP contribution in [0.5, 0.6) is 0 Å². The Morgan fingerprint density at radius 2 is 2.17 bits per heavy atom. The van der Waals surface area contributed by atoms with Crippen LogP contribution in [0.1, 0.15) is 11.4 Å². The van der Waals surface area contributed by atoms with Gasteiger partial charge >= 0.3 is 0 Å². The lowest BCUT2D eigenvalue weighted by Gasteiger charge is -2.02. The van der Waals surface area contributed by atoms with E-state index < -0.39 is 0 Å². The van der Waals surface area contributed by atoms with Crippen molar-refractivity contribution < 1.29 is 0 Å². The van der Waals surface area contributed by atoms with Crippen LogP contribution in [0.3, 0.4) is 0 Å². The van der Waals surface area contributed by atoms with E-state index in [9.17, 15) is 4.79 Å². The zero-order valence-corrected chi connectivity index (χ0v) is 13.1. The Labute approximate surface area is 138 Å². The summed E-state index contributed by atoms with van der Waals surface area (Å²) in [4.78, 5) is 20.3. The lowest BCUT2D eigenvalue weighted by Crippen LogP contribution is -2.10. The molecule has 0 aliphatic rings. The fourth-order valence-electron chi connectivity index (χ4n) is 2.29. The van der Waals surface area contributed by atoms with Gasteiger partial charge in [-0.25, -0.2) is 4.98 Å². The summed E-state index contributed by atoms with van der Waals surface area (Å²) in [5.41, 5.74) is 1.43. The fourth-order valence-corrected chi connectivity index (χ4v) is 3.42. The SMILES string of the molecule is O=c1[nH]c(Cc2cccc(Cl)c2)nc2cc(-c3nn[nH]n3)sc12. The molecule has 0 spiro atoms. The molecule has 7 nitrogen and oxygen atoms in total. The summed E-state index contributed by atoms with van der Waals surface area (Å²) in [6, 6.07) is 9.26. The van der Waals surface area contributed by atoms with E-state index in [0.717, 1.165) is 10.4 Å². The number of benzene rings is 1. The van der Waals surface area contributed by atoms with Gasteiger partial charge in [0.15, 0.2) is 0 Å². The highest BCUT2D eigenvalue weighted by Gasteiger charge is 2.13. The van der Waals surface area contributed by atoms with Crippen LogP contribution in [-0.4, -0.2) is 30.6 Å². The molecule has 0 amide bonds. The fraction of sp³-hybridized carbons (Fsp3) is 0.0714. The third-order valence-corrected chi connectivity index (χ3v) is 4.61. The van der Waals surface area contributed by atoms with Crippen molar-refractivity contribution in [2.45, 2.75) is 6.42 Å². The number of thiophene rings is 1. The van der Waals surface area contributed by atoms with E-state index in [1.807, 2.05) is 18.2 Å². The Hall–Kier alpha value is -2.58. The van der Waals surface area contributed by atoms with Gasteiger partial charge in [-0.1, -0.05) is 23.7 Å². The van der Waals surface area contributed by atoms with E-state index in [0.29, 0.717) is 33.3 Å². The number of tetrazole rings is 1. The van der Waals surface area contributed by atoms with Crippen LogP contribution in [-0.2, 0) is 6.42 Å². The van der Waals surface area contributed by atoms with E-state index in [1.54, 1.807) is 12.1 Å². The molecule has 4 aromatic rings. The average Bonchev–Trinajstić information content (AvgIpc) is 3.16. The van der Waals surface area contributed by atoms with E-state index in [1.165, 1.54) is 11.3 Å². The third kappa shape index (κ3) is 2.73. The lowest BCUT2D eigenvalue weighted by atomic mass is 10.1. The van der Waals surface area contributed by atoms with E-state index >= 15 is 0 Å². The molecule has 0 saturated carbocycles. The third-order valence-electron chi connectivity index (χ3n) is 3.26. The van der Waals surface area contributed by atoms with Crippen LogP contribution in [0, 0.1) is 0 Å². The van der Waals surface area contributed by atoms with Crippen LogP contribution >= 0.6 is 22.9 Å². The molecule has 0 aliphatic heterocycles. The van der Waals surface area contributed by atoms with Crippen molar-refractivity contribution in [2.24, 2.45) is 0 Å². The van der Waals surface area contributed by atoms with Gasteiger partial charge in [0.2, 0.25) is 5.82 Å². The maximum Gasteiger partial charge on any atom is 0.268 e. The molecule has 0 fully saturated rings. The minimum absolute atomic E-state index is 0.174. The number of aromatic amines is 2. The lowest BCUT2D eigenvalue weighted by molar-refractivity contribution is 0.881. The summed E-state index contributed by atoms with van der Waals surface area (Å²) in [6.45, 7) is 0. The summed E-state index contributed by atoms with van der Waals surface area (Å²) in [5, 5.41) is 14.4. The zero-order valence-electron chi connectivity index (χ0n) is 11.6. The number of H-pyrrole nitrogens is 2. The topological polar surface area (TPSA) is 100 Å². The van der Waals surface area contributed by atoms with Crippen LogP contribution in [0.25, 0.3) is 20.9 Å². The molecule has 114 valence electrons. The monoisotopic (exact) mass is 344 g/mol. The molecule has 0 radical (unpaired) electrons. The van der Waals surface area contributed by atoms with Gasteiger partial charge in [-0.3, -0.25) is 4.79 Å². The van der Waals surface area contributed by atoms with E-state index in [-0.39, 0.29) is 5.56 Å². The Morgan fingerprint density at radius 1 is 1.26 bits per heavy atom. The van der Waals surface area contributed by atoms with Gasteiger partial charge in [-0.2, -0.15) is 5.21 Å². The first-order chi connectivity index (χ1) is 11.2. The molecule has 0 unspecified atom stereocenters. The number of nitrogens with one attached hydrogen (secondary N) is 2. The first-order valence-electron chi connectivity index (χ1n) is 6.70. The molecule has 3 aromatic heterocycles. The minimum atomic E-state index is -0.174. The smallest absolute Gasteiger partial charge is 0.268 e. The van der Waals surface area contributed by atoms with Gasteiger partial charge in [0.25, 0.3) is 5.56 Å². The first-order valence-corrected chi connectivity index (χ1v) is 7.89. The second kappa shape index (κ2) is 5.56. The van der Waals surface area contributed by atoms with Crippen LogP contribution in [0.4, 0.5) is 0 Å². The van der Waals surface area contributed by atoms with Gasteiger partial charge in [-0.05, 0) is 29.0 Å². The van der Waals surface area contributed by atoms with Gasteiger partial charge in [-0.15, -0.1) is 21.5 Å². The Balaban J connectivity index is 1.76. The van der Waals surface area contributed by atoms with Gasteiger partial charge in [0.1, 0.15) is 10.5 Å². The van der Waals surface area contributed by atoms with E-state index in [4.69, 9.17) is 11.6 Å². The van der Waals surface area contributed by atoms with E-state index in [2.05, 4.69) is 30.6 Å². The summed E-state index contributed by atoms with van der Waals surface area (Å²) in [7, 11) is 0. The summed E-state index contributed by atoms with van der Waals surface area (Å²) in [6.07, 6.45) is 0.499.